The zero-order valence-electron chi connectivity index (χ0n) is 11.9. The molecule has 1 unspecified atom stereocenters. The van der Waals surface area contributed by atoms with Crippen LogP contribution in [0.15, 0.2) is 33.6 Å². The molecule has 0 bridgehead atoms. The van der Waals surface area contributed by atoms with Gasteiger partial charge < -0.3 is 0 Å². The normalized spacial score (nSPS) is 13.1. The van der Waals surface area contributed by atoms with Gasteiger partial charge >= 0.3 is 0 Å². The van der Waals surface area contributed by atoms with Gasteiger partial charge in [0.05, 0.1) is 10.2 Å². The third kappa shape index (κ3) is 3.62. The van der Waals surface area contributed by atoms with Gasteiger partial charge in [0.25, 0.3) is 10.0 Å². The van der Waals surface area contributed by atoms with Gasteiger partial charge in [-0.3, -0.25) is 4.72 Å². The summed E-state index contributed by atoms with van der Waals surface area (Å²) < 4.78 is 28.6. The van der Waals surface area contributed by atoms with Crippen molar-refractivity contribution in [2.24, 2.45) is 0 Å². The Bertz CT molecular complexity index is 790. The lowest BCUT2D eigenvalue weighted by molar-refractivity contribution is 0.601. The number of thiophene rings is 1. The van der Waals surface area contributed by atoms with E-state index in [1.54, 1.807) is 12.1 Å². The largest absolute Gasteiger partial charge is 0.279 e. The first-order chi connectivity index (χ1) is 10.3. The molecule has 1 aromatic heterocycles. The Kier molecular flexibility index (Phi) is 5.83. The number of rotatable bonds is 5. The second-order valence-electron chi connectivity index (χ2n) is 4.79. The van der Waals surface area contributed by atoms with Crippen LogP contribution in [0.1, 0.15) is 31.7 Å². The molecule has 8 heteroatoms. The number of halogens is 3. The van der Waals surface area contributed by atoms with Crippen molar-refractivity contribution in [1.82, 2.24) is 0 Å². The van der Waals surface area contributed by atoms with Crippen LogP contribution in [-0.4, -0.2) is 8.42 Å². The van der Waals surface area contributed by atoms with Gasteiger partial charge in [0.2, 0.25) is 0 Å². The highest BCUT2D eigenvalue weighted by Crippen LogP contribution is 2.43. The average molecular weight is 443 g/mol. The molecule has 2 rings (SSSR count). The highest BCUT2D eigenvalue weighted by atomic mass is 79.9. The molecule has 0 saturated heterocycles. The van der Waals surface area contributed by atoms with E-state index < -0.39 is 10.0 Å². The van der Waals surface area contributed by atoms with Crippen molar-refractivity contribution in [3.63, 3.8) is 0 Å². The van der Waals surface area contributed by atoms with E-state index >= 15 is 0 Å². The molecular weight excluding hydrogens is 429 g/mol. The summed E-state index contributed by atoms with van der Waals surface area (Å²) in [6.07, 6.45) is 0.910. The quantitative estimate of drug-likeness (QED) is 0.604. The summed E-state index contributed by atoms with van der Waals surface area (Å²) in [4.78, 5) is -0.0249. The van der Waals surface area contributed by atoms with Crippen molar-refractivity contribution >= 4 is 66.2 Å². The summed E-state index contributed by atoms with van der Waals surface area (Å²) in [5, 5.41) is 0. The van der Waals surface area contributed by atoms with E-state index in [0.29, 0.717) is 10.0 Å². The van der Waals surface area contributed by atoms with Crippen molar-refractivity contribution < 1.29 is 8.42 Å². The van der Waals surface area contributed by atoms with Crippen molar-refractivity contribution in [1.29, 1.82) is 0 Å². The number of benzene rings is 1. The van der Waals surface area contributed by atoms with Crippen molar-refractivity contribution in [3.8, 4) is 0 Å². The second-order valence-corrected chi connectivity index (χ2v) is 9.43. The van der Waals surface area contributed by atoms with E-state index in [1.807, 2.05) is 12.1 Å². The molecule has 1 heterocycles. The third-order valence-corrected chi connectivity index (χ3v) is 8.18. The first-order valence-corrected chi connectivity index (χ1v) is 10.4. The van der Waals surface area contributed by atoms with Gasteiger partial charge in [-0.1, -0.05) is 55.2 Å². The molecule has 1 atom stereocenters. The van der Waals surface area contributed by atoms with E-state index in [2.05, 4.69) is 34.5 Å². The molecule has 2 aromatic rings. The van der Waals surface area contributed by atoms with Gasteiger partial charge in [-0.2, -0.15) is 0 Å². The Balaban J connectivity index is 2.46. The van der Waals surface area contributed by atoms with Gasteiger partial charge in [-0.15, -0.1) is 11.3 Å². The minimum atomic E-state index is -3.82. The fourth-order valence-electron chi connectivity index (χ4n) is 2.00. The van der Waals surface area contributed by atoms with Crippen LogP contribution in [0.3, 0.4) is 0 Å². The van der Waals surface area contributed by atoms with Crippen LogP contribution in [0.25, 0.3) is 0 Å². The molecule has 1 aromatic carbocycles. The highest BCUT2D eigenvalue weighted by molar-refractivity contribution is 9.10. The number of hydrogen-bond donors (Lipinski definition) is 1. The number of sulfonamides is 1. The number of nitrogens with one attached hydrogen (secondary N) is 1. The lowest BCUT2D eigenvalue weighted by Crippen LogP contribution is -2.15. The molecule has 0 spiro atoms. The van der Waals surface area contributed by atoms with E-state index in [1.165, 1.54) is 0 Å². The predicted octanol–water partition coefficient (Wildman–Crippen LogP) is 6.13. The topological polar surface area (TPSA) is 46.2 Å². The van der Waals surface area contributed by atoms with Crippen LogP contribution in [0.5, 0.6) is 0 Å². The van der Waals surface area contributed by atoms with Crippen molar-refractivity contribution in [2.45, 2.75) is 31.1 Å². The summed E-state index contributed by atoms with van der Waals surface area (Å²) in [5.74, 6) is 0.240. The summed E-state index contributed by atoms with van der Waals surface area (Å²) in [6, 6.07) is 7.35. The Morgan fingerprint density at radius 1 is 1.27 bits per heavy atom. The van der Waals surface area contributed by atoms with E-state index in [4.69, 9.17) is 23.2 Å². The van der Waals surface area contributed by atoms with Crippen LogP contribution < -0.4 is 4.72 Å². The van der Waals surface area contributed by atoms with Crippen LogP contribution in [-0.2, 0) is 10.0 Å². The van der Waals surface area contributed by atoms with E-state index in [0.717, 1.165) is 23.3 Å². The second kappa shape index (κ2) is 7.09. The van der Waals surface area contributed by atoms with Gasteiger partial charge in [-0.25, -0.2) is 8.42 Å². The van der Waals surface area contributed by atoms with E-state index in [-0.39, 0.29) is 19.6 Å². The molecular formula is C14H14BrCl2NO2S2. The fourth-order valence-corrected chi connectivity index (χ4v) is 6.65. The Morgan fingerprint density at radius 2 is 1.91 bits per heavy atom. The molecule has 0 radical (unpaired) electrons. The molecule has 0 amide bonds. The van der Waals surface area contributed by atoms with Crippen LogP contribution in [0.4, 0.5) is 5.69 Å². The van der Waals surface area contributed by atoms with E-state index in [9.17, 15) is 8.42 Å². The molecule has 0 aliphatic carbocycles. The minimum absolute atomic E-state index is 0.0249. The van der Waals surface area contributed by atoms with Crippen molar-refractivity contribution in [3.05, 3.63) is 43.0 Å². The van der Waals surface area contributed by atoms with Gasteiger partial charge in [-0.05, 0) is 39.9 Å². The molecule has 22 heavy (non-hydrogen) atoms. The molecule has 0 aliphatic rings. The van der Waals surface area contributed by atoms with Crippen LogP contribution >= 0.6 is 50.5 Å². The number of anilines is 1. The van der Waals surface area contributed by atoms with Crippen LogP contribution in [0.2, 0.25) is 8.67 Å². The highest BCUT2D eigenvalue weighted by Gasteiger charge is 2.27. The maximum atomic E-state index is 12.6. The molecule has 1 N–H and O–H groups in total. The predicted molar refractivity (Wildman–Crippen MR) is 98.0 cm³/mol. The lowest BCUT2D eigenvalue weighted by atomic mass is 9.97. The molecule has 0 fully saturated rings. The maximum absolute atomic E-state index is 12.6. The summed E-state index contributed by atoms with van der Waals surface area (Å²) in [5.41, 5.74) is 1.50. The smallest absolute Gasteiger partial charge is 0.265 e. The third-order valence-electron chi connectivity index (χ3n) is 3.35. The molecule has 0 aliphatic heterocycles. The average Bonchev–Trinajstić information content (AvgIpc) is 2.72. The summed E-state index contributed by atoms with van der Waals surface area (Å²) >= 11 is 16.2. The summed E-state index contributed by atoms with van der Waals surface area (Å²) in [6.45, 7) is 4.11. The Hall–Kier alpha value is -0.270. The van der Waals surface area contributed by atoms with Gasteiger partial charge in [0.15, 0.2) is 0 Å². The monoisotopic (exact) mass is 441 g/mol. The standard InChI is InChI=1S/C14H14BrCl2NO2S2/c1-3-8(2)9-6-4-5-7-10(9)18-22(19,20)12-11(15)13(16)21-14(12)17/h4-8,18H,3H2,1-2H3. The molecule has 0 saturated carbocycles. The zero-order chi connectivity index (χ0) is 16.5. The first kappa shape index (κ1) is 18.1. The summed E-state index contributed by atoms with van der Waals surface area (Å²) in [7, 11) is -3.82. The van der Waals surface area contributed by atoms with Crippen molar-refractivity contribution in [2.75, 3.05) is 4.72 Å². The number of para-hydroxylation sites is 1. The van der Waals surface area contributed by atoms with Gasteiger partial charge in [0, 0.05) is 0 Å². The lowest BCUT2D eigenvalue weighted by Gasteiger charge is -2.16. The first-order valence-electron chi connectivity index (χ1n) is 6.53. The Labute approximate surface area is 152 Å². The van der Waals surface area contributed by atoms with Crippen LogP contribution in [0, 0.1) is 0 Å². The molecule has 120 valence electrons. The fraction of sp³-hybridized carbons (Fsp3) is 0.286. The maximum Gasteiger partial charge on any atom is 0.265 e. The minimum Gasteiger partial charge on any atom is -0.279 e. The Morgan fingerprint density at radius 3 is 2.45 bits per heavy atom. The number of hydrogen-bond acceptors (Lipinski definition) is 3. The SMILES string of the molecule is CCC(C)c1ccccc1NS(=O)(=O)c1c(Cl)sc(Cl)c1Br. The molecule has 3 nitrogen and oxygen atoms in total. The van der Waals surface area contributed by atoms with Gasteiger partial charge in [0.1, 0.15) is 13.6 Å². The zero-order valence-corrected chi connectivity index (χ0v) is 16.6.